The average Bonchev–Trinajstić information content (AvgIpc) is 2.12. The largest absolute Gasteiger partial charge is 0.341 e. The maximum absolute atomic E-state index is 12.2. The van der Waals surface area contributed by atoms with E-state index in [0.717, 1.165) is 12.8 Å². The van der Waals surface area contributed by atoms with Crippen molar-refractivity contribution in [2.45, 2.75) is 66.0 Å². The second kappa shape index (κ2) is 5.17. The molecule has 0 rings (SSSR count). The van der Waals surface area contributed by atoms with Crippen molar-refractivity contribution in [3.8, 4) is 0 Å². The summed E-state index contributed by atoms with van der Waals surface area (Å²) in [6.45, 7) is 12.3. The predicted molar refractivity (Wildman–Crippen MR) is 69.2 cm³/mol. The van der Waals surface area contributed by atoms with Gasteiger partial charge in [0.15, 0.2) is 0 Å². The zero-order chi connectivity index (χ0) is 13.1. The number of carbonyl (C=O) groups excluding carboxylic acids is 1. The minimum absolute atomic E-state index is 0.0387. The summed E-state index contributed by atoms with van der Waals surface area (Å²) in [5, 5.41) is 0. The first-order valence-corrected chi connectivity index (χ1v) is 6.10. The van der Waals surface area contributed by atoms with Crippen molar-refractivity contribution in [2.24, 2.45) is 11.1 Å². The number of likely N-dealkylation sites (N-methyl/N-ethyl adjacent to an activating group) is 1. The van der Waals surface area contributed by atoms with E-state index in [1.165, 1.54) is 0 Å². The Bertz CT molecular complexity index is 241. The van der Waals surface area contributed by atoms with E-state index in [4.69, 9.17) is 5.73 Å². The molecule has 16 heavy (non-hydrogen) atoms. The van der Waals surface area contributed by atoms with Crippen molar-refractivity contribution in [1.29, 1.82) is 0 Å². The molecule has 0 aromatic carbocycles. The number of amides is 1. The van der Waals surface area contributed by atoms with Gasteiger partial charge < -0.3 is 10.6 Å². The van der Waals surface area contributed by atoms with Crippen LogP contribution < -0.4 is 5.73 Å². The summed E-state index contributed by atoms with van der Waals surface area (Å²) in [6.07, 6.45) is 1.66. The molecule has 2 unspecified atom stereocenters. The fraction of sp³-hybridized carbons (Fsp3) is 0.923. The first-order valence-electron chi connectivity index (χ1n) is 6.10. The van der Waals surface area contributed by atoms with Crippen LogP contribution in [0.2, 0.25) is 0 Å². The number of hydrogen-bond donors (Lipinski definition) is 1. The Morgan fingerprint density at radius 2 is 1.75 bits per heavy atom. The van der Waals surface area contributed by atoms with Crippen molar-refractivity contribution >= 4 is 5.91 Å². The van der Waals surface area contributed by atoms with Gasteiger partial charge in [-0.3, -0.25) is 4.79 Å². The van der Waals surface area contributed by atoms with E-state index in [9.17, 15) is 4.79 Å². The van der Waals surface area contributed by atoms with Crippen LogP contribution in [0, 0.1) is 5.41 Å². The van der Waals surface area contributed by atoms with Gasteiger partial charge in [-0.25, -0.2) is 0 Å². The van der Waals surface area contributed by atoms with E-state index in [2.05, 4.69) is 27.7 Å². The van der Waals surface area contributed by atoms with E-state index in [1.54, 1.807) is 4.90 Å². The number of carbonyl (C=O) groups is 1. The minimum atomic E-state index is -0.733. The Morgan fingerprint density at radius 3 is 2.06 bits per heavy atom. The zero-order valence-corrected chi connectivity index (χ0v) is 11.9. The SMILES string of the molecule is CCCC(C)(N)C(=O)N(C)C(C)C(C)(C)C. The standard InChI is InChI=1S/C13H28N2O/c1-8-9-13(6,14)11(16)15(7)10(2)12(3,4)5/h10H,8-9,14H2,1-7H3. The summed E-state index contributed by atoms with van der Waals surface area (Å²) in [5.41, 5.74) is 5.40. The van der Waals surface area contributed by atoms with Gasteiger partial charge in [0.1, 0.15) is 0 Å². The molecule has 2 atom stereocenters. The fourth-order valence-corrected chi connectivity index (χ4v) is 1.79. The molecule has 0 radical (unpaired) electrons. The maximum atomic E-state index is 12.2. The van der Waals surface area contributed by atoms with E-state index in [-0.39, 0.29) is 17.4 Å². The number of nitrogens with two attached hydrogens (primary N) is 1. The van der Waals surface area contributed by atoms with Crippen molar-refractivity contribution in [3.63, 3.8) is 0 Å². The second-order valence-electron chi connectivity index (χ2n) is 6.13. The average molecular weight is 228 g/mol. The van der Waals surface area contributed by atoms with Gasteiger partial charge >= 0.3 is 0 Å². The van der Waals surface area contributed by atoms with Gasteiger partial charge in [0, 0.05) is 13.1 Å². The van der Waals surface area contributed by atoms with Gasteiger partial charge in [-0.2, -0.15) is 0 Å². The van der Waals surface area contributed by atoms with Gasteiger partial charge in [-0.05, 0) is 25.7 Å². The van der Waals surface area contributed by atoms with E-state index < -0.39 is 5.54 Å². The van der Waals surface area contributed by atoms with Gasteiger partial charge in [0.25, 0.3) is 0 Å². The number of rotatable bonds is 4. The van der Waals surface area contributed by atoms with Crippen LogP contribution in [0.3, 0.4) is 0 Å². The molecule has 0 saturated carbocycles. The Labute approximate surface area is 100 Å². The van der Waals surface area contributed by atoms with Crippen LogP contribution in [0.15, 0.2) is 0 Å². The van der Waals surface area contributed by atoms with Crippen LogP contribution in [-0.4, -0.2) is 29.4 Å². The van der Waals surface area contributed by atoms with Crippen molar-refractivity contribution in [1.82, 2.24) is 4.90 Å². The Hall–Kier alpha value is -0.570. The molecule has 0 bridgehead atoms. The van der Waals surface area contributed by atoms with Gasteiger partial charge in [0.2, 0.25) is 5.91 Å². The molecule has 0 aliphatic rings. The summed E-state index contributed by atoms with van der Waals surface area (Å²) in [5.74, 6) is 0.0387. The molecule has 0 heterocycles. The molecule has 1 amide bonds. The number of nitrogens with zero attached hydrogens (tertiary/aromatic N) is 1. The minimum Gasteiger partial charge on any atom is -0.341 e. The Kier molecular flexibility index (Phi) is 4.99. The zero-order valence-electron chi connectivity index (χ0n) is 11.9. The van der Waals surface area contributed by atoms with Crippen LogP contribution in [0.5, 0.6) is 0 Å². The summed E-state index contributed by atoms with van der Waals surface area (Å²) in [4.78, 5) is 14.0. The third-order valence-electron chi connectivity index (χ3n) is 3.41. The van der Waals surface area contributed by atoms with Gasteiger partial charge in [-0.1, -0.05) is 34.1 Å². The highest BCUT2D eigenvalue weighted by Gasteiger charge is 2.35. The van der Waals surface area contributed by atoms with Gasteiger partial charge in [0.05, 0.1) is 5.54 Å². The third-order valence-corrected chi connectivity index (χ3v) is 3.41. The molecule has 3 heteroatoms. The molecule has 3 nitrogen and oxygen atoms in total. The lowest BCUT2D eigenvalue weighted by atomic mass is 9.85. The molecule has 96 valence electrons. The number of hydrogen-bond acceptors (Lipinski definition) is 2. The molecule has 0 aromatic rings. The summed E-state index contributed by atoms with van der Waals surface area (Å²) in [6, 6.07) is 0.180. The summed E-state index contributed by atoms with van der Waals surface area (Å²) >= 11 is 0. The van der Waals surface area contributed by atoms with Crippen molar-refractivity contribution in [2.75, 3.05) is 7.05 Å². The lowest BCUT2D eigenvalue weighted by Gasteiger charge is -2.39. The van der Waals surface area contributed by atoms with E-state index >= 15 is 0 Å². The molecule has 2 N–H and O–H groups in total. The first-order chi connectivity index (χ1) is 7.04. The highest BCUT2D eigenvalue weighted by molar-refractivity contribution is 5.85. The van der Waals surface area contributed by atoms with Crippen LogP contribution >= 0.6 is 0 Å². The predicted octanol–water partition coefficient (Wildman–Crippen LogP) is 2.40. The highest BCUT2D eigenvalue weighted by atomic mass is 16.2. The summed E-state index contributed by atoms with van der Waals surface area (Å²) in [7, 11) is 1.85. The van der Waals surface area contributed by atoms with E-state index in [1.807, 2.05) is 20.9 Å². The monoisotopic (exact) mass is 228 g/mol. The molecule has 0 saturated heterocycles. The van der Waals surface area contributed by atoms with Gasteiger partial charge in [-0.15, -0.1) is 0 Å². The first kappa shape index (κ1) is 15.4. The van der Waals surface area contributed by atoms with Crippen molar-refractivity contribution in [3.05, 3.63) is 0 Å². The maximum Gasteiger partial charge on any atom is 0.242 e. The third kappa shape index (κ3) is 3.78. The second-order valence-corrected chi connectivity index (χ2v) is 6.13. The molecule has 0 spiro atoms. The van der Waals surface area contributed by atoms with Crippen LogP contribution in [0.4, 0.5) is 0 Å². The summed E-state index contributed by atoms with van der Waals surface area (Å²) < 4.78 is 0. The molecule has 0 aromatic heterocycles. The Morgan fingerprint density at radius 1 is 1.31 bits per heavy atom. The fourth-order valence-electron chi connectivity index (χ4n) is 1.79. The highest BCUT2D eigenvalue weighted by Crippen LogP contribution is 2.25. The quantitative estimate of drug-likeness (QED) is 0.803. The molecule has 0 aliphatic heterocycles. The van der Waals surface area contributed by atoms with E-state index in [0.29, 0.717) is 0 Å². The smallest absolute Gasteiger partial charge is 0.242 e. The molecular formula is C13H28N2O. The Balaban J connectivity index is 4.74. The normalized spacial score (nSPS) is 17.8. The lowest BCUT2D eigenvalue weighted by molar-refractivity contribution is -0.139. The van der Waals surface area contributed by atoms with Crippen LogP contribution in [-0.2, 0) is 4.79 Å². The molecular weight excluding hydrogens is 200 g/mol. The topological polar surface area (TPSA) is 46.3 Å². The van der Waals surface area contributed by atoms with Crippen LogP contribution in [0.25, 0.3) is 0 Å². The van der Waals surface area contributed by atoms with Crippen LogP contribution in [0.1, 0.15) is 54.4 Å². The van der Waals surface area contributed by atoms with Crippen molar-refractivity contribution < 1.29 is 4.79 Å². The molecule has 0 aliphatic carbocycles. The lowest BCUT2D eigenvalue weighted by Crippen LogP contribution is -2.56. The molecule has 0 fully saturated rings.